The molecule has 2 nitrogen and oxygen atoms in total. The molecule has 0 fully saturated rings. The first kappa shape index (κ1) is 11.8. The molecule has 1 atom stereocenters. The highest BCUT2D eigenvalue weighted by Gasteiger charge is 2.06. The molecule has 0 bridgehead atoms. The molecule has 17 heavy (non-hydrogen) atoms. The van der Waals surface area contributed by atoms with Gasteiger partial charge < -0.3 is 5.73 Å². The molecule has 2 aromatic rings. The third-order valence-corrected chi connectivity index (χ3v) is 3.68. The SMILES string of the molecule is Nc1cc(F)cc(CS(=O)c2ccccc2)c1. The van der Waals surface area contributed by atoms with Gasteiger partial charge in [0.15, 0.2) is 0 Å². The van der Waals surface area contributed by atoms with Crippen LogP contribution in [-0.4, -0.2) is 4.21 Å². The van der Waals surface area contributed by atoms with Gasteiger partial charge in [-0.2, -0.15) is 0 Å². The van der Waals surface area contributed by atoms with Crippen LogP contribution in [-0.2, 0) is 16.6 Å². The molecule has 0 amide bonds. The maximum atomic E-state index is 13.1. The Labute approximate surface area is 102 Å². The summed E-state index contributed by atoms with van der Waals surface area (Å²) in [6, 6.07) is 13.3. The monoisotopic (exact) mass is 249 g/mol. The number of rotatable bonds is 3. The molecule has 0 saturated heterocycles. The van der Waals surface area contributed by atoms with Gasteiger partial charge in [0, 0.05) is 10.6 Å². The Hall–Kier alpha value is -1.68. The molecule has 2 rings (SSSR count). The summed E-state index contributed by atoms with van der Waals surface area (Å²) in [4.78, 5) is 0.732. The fraction of sp³-hybridized carbons (Fsp3) is 0.0769. The quantitative estimate of drug-likeness (QED) is 0.850. The van der Waals surface area contributed by atoms with Crippen LogP contribution in [0.5, 0.6) is 0 Å². The third kappa shape index (κ3) is 3.14. The van der Waals surface area contributed by atoms with Gasteiger partial charge in [0.05, 0.1) is 16.6 Å². The Bertz CT molecular complexity index is 522. The van der Waals surface area contributed by atoms with Crippen LogP contribution in [0.4, 0.5) is 10.1 Å². The van der Waals surface area contributed by atoms with Gasteiger partial charge in [-0.1, -0.05) is 18.2 Å². The van der Waals surface area contributed by atoms with E-state index in [0.717, 1.165) is 4.90 Å². The van der Waals surface area contributed by atoms with E-state index < -0.39 is 16.6 Å². The van der Waals surface area contributed by atoms with E-state index in [0.29, 0.717) is 11.3 Å². The molecule has 0 aliphatic rings. The molecule has 88 valence electrons. The van der Waals surface area contributed by atoms with Gasteiger partial charge in [-0.05, 0) is 35.9 Å². The summed E-state index contributed by atoms with van der Waals surface area (Å²) in [5.74, 6) is -0.128. The van der Waals surface area contributed by atoms with E-state index in [9.17, 15) is 8.60 Å². The first-order chi connectivity index (χ1) is 8.15. The number of benzene rings is 2. The lowest BCUT2D eigenvalue weighted by Gasteiger charge is -2.04. The predicted molar refractivity (Wildman–Crippen MR) is 67.4 cm³/mol. The first-order valence-corrected chi connectivity index (χ1v) is 6.45. The van der Waals surface area contributed by atoms with Crippen LogP contribution in [0, 0.1) is 5.82 Å². The van der Waals surface area contributed by atoms with Gasteiger partial charge >= 0.3 is 0 Å². The lowest BCUT2D eigenvalue weighted by atomic mass is 10.2. The molecule has 2 N–H and O–H groups in total. The van der Waals surface area contributed by atoms with Crippen LogP contribution in [0.25, 0.3) is 0 Å². The number of nitrogens with two attached hydrogens (primary N) is 1. The minimum Gasteiger partial charge on any atom is -0.399 e. The van der Waals surface area contributed by atoms with E-state index in [-0.39, 0.29) is 5.75 Å². The number of hydrogen-bond acceptors (Lipinski definition) is 2. The molecule has 0 aliphatic carbocycles. The van der Waals surface area contributed by atoms with Crippen LogP contribution >= 0.6 is 0 Å². The molecule has 4 heteroatoms. The Morgan fingerprint density at radius 3 is 2.47 bits per heavy atom. The molecule has 2 aromatic carbocycles. The normalized spacial score (nSPS) is 12.3. The summed E-state index contributed by atoms with van der Waals surface area (Å²) in [7, 11) is -1.17. The highest BCUT2D eigenvalue weighted by Crippen LogP contribution is 2.16. The summed E-state index contributed by atoms with van der Waals surface area (Å²) in [5.41, 5.74) is 6.53. The van der Waals surface area contributed by atoms with Crippen LogP contribution < -0.4 is 5.73 Å². The minimum atomic E-state index is -1.17. The van der Waals surface area contributed by atoms with E-state index in [1.165, 1.54) is 12.1 Å². The zero-order valence-corrected chi connectivity index (χ0v) is 9.91. The van der Waals surface area contributed by atoms with Crippen LogP contribution in [0.2, 0.25) is 0 Å². The molecule has 0 spiro atoms. The van der Waals surface area contributed by atoms with Crippen LogP contribution in [0.3, 0.4) is 0 Å². The Kier molecular flexibility index (Phi) is 3.54. The predicted octanol–water partition coefficient (Wildman–Crippen LogP) is 2.72. The van der Waals surface area contributed by atoms with Crippen molar-refractivity contribution in [2.45, 2.75) is 10.6 Å². The summed E-state index contributed by atoms with van der Waals surface area (Å²) >= 11 is 0. The highest BCUT2D eigenvalue weighted by molar-refractivity contribution is 7.84. The molecule has 0 aromatic heterocycles. The lowest BCUT2D eigenvalue weighted by molar-refractivity contribution is 0.627. The third-order valence-electron chi connectivity index (χ3n) is 2.28. The molecular weight excluding hydrogens is 237 g/mol. The summed E-state index contributed by atoms with van der Waals surface area (Å²) in [6.07, 6.45) is 0. The van der Waals surface area contributed by atoms with E-state index in [2.05, 4.69) is 0 Å². The molecule has 0 heterocycles. The minimum absolute atomic E-state index is 0.270. The van der Waals surface area contributed by atoms with E-state index in [4.69, 9.17) is 5.73 Å². The van der Waals surface area contributed by atoms with Crippen molar-refractivity contribution < 1.29 is 8.60 Å². The van der Waals surface area contributed by atoms with Crippen LogP contribution in [0.1, 0.15) is 5.56 Å². The Morgan fingerprint density at radius 2 is 1.82 bits per heavy atom. The topological polar surface area (TPSA) is 43.1 Å². The summed E-state index contributed by atoms with van der Waals surface area (Å²) in [6.45, 7) is 0. The second kappa shape index (κ2) is 5.10. The number of anilines is 1. The Balaban J connectivity index is 2.19. The molecular formula is C13H12FNOS. The van der Waals surface area contributed by atoms with Crippen molar-refractivity contribution in [2.24, 2.45) is 0 Å². The van der Waals surface area contributed by atoms with Gasteiger partial charge in [0.2, 0.25) is 0 Å². The smallest absolute Gasteiger partial charge is 0.125 e. The van der Waals surface area contributed by atoms with Crippen molar-refractivity contribution in [2.75, 3.05) is 5.73 Å². The van der Waals surface area contributed by atoms with Gasteiger partial charge in [0.25, 0.3) is 0 Å². The van der Waals surface area contributed by atoms with Crippen molar-refractivity contribution in [3.8, 4) is 0 Å². The molecule has 1 unspecified atom stereocenters. The zero-order valence-electron chi connectivity index (χ0n) is 9.10. The van der Waals surface area contributed by atoms with Crippen LogP contribution in [0.15, 0.2) is 53.4 Å². The Morgan fingerprint density at radius 1 is 1.12 bits per heavy atom. The second-order valence-corrected chi connectivity index (χ2v) is 5.15. The van der Waals surface area contributed by atoms with Crippen molar-refractivity contribution in [3.63, 3.8) is 0 Å². The number of hydrogen-bond donors (Lipinski definition) is 1. The maximum Gasteiger partial charge on any atom is 0.125 e. The van der Waals surface area contributed by atoms with Crippen molar-refractivity contribution >= 4 is 16.5 Å². The van der Waals surface area contributed by atoms with Crippen molar-refractivity contribution in [3.05, 3.63) is 59.9 Å². The number of nitrogen functional groups attached to an aromatic ring is 1. The average Bonchev–Trinajstić information content (AvgIpc) is 2.28. The average molecular weight is 249 g/mol. The van der Waals surface area contributed by atoms with Gasteiger partial charge in [-0.15, -0.1) is 0 Å². The molecule has 0 saturated carbocycles. The first-order valence-electron chi connectivity index (χ1n) is 5.13. The summed E-state index contributed by atoms with van der Waals surface area (Å²) in [5, 5.41) is 0. The van der Waals surface area contributed by atoms with E-state index in [1.807, 2.05) is 18.2 Å². The standard InChI is InChI=1S/C13H12FNOS/c14-11-6-10(7-12(15)8-11)9-17(16)13-4-2-1-3-5-13/h1-8H,9,15H2. The second-order valence-electron chi connectivity index (χ2n) is 3.70. The molecule has 0 radical (unpaired) electrons. The summed E-state index contributed by atoms with van der Waals surface area (Å²) < 4.78 is 25.1. The van der Waals surface area contributed by atoms with Crippen molar-refractivity contribution in [1.82, 2.24) is 0 Å². The fourth-order valence-corrected chi connectivity index (χ4v) is 2.66. The van der Waals surface area contributed by atoms with E-state index in [1.54, 1.807) is 18.2 Å². The van der Waals surface area contributed by atoms with Gasteiger partial charge in [-0.3, -0.25) is 4.21 Å². The highest BCUT2D eigenvalue weighted by atomic mass is 32.2. The largest absolute Gasteiger partial charge is 0.399 e. The van der Waals surface area contributed by atoms with Gasteiger partial charge in [0.1, 0.15) is 5.82 Å². The number of halogens is 1. The lowest BCUT2D eigenvalue weighted by Crippen LogP contribution is -1.98. The maximum absolute atomic E-state index is 13.1. The van der Waals surface area contributed by atoms with Crippen molar-refractivity contribution in [1.29, 1.82) is 0 Å². The van der Waals surface area contributed by atoms with Gasteiger partial charge in [-0.25, -0.2) is 4.39 Å². The zero-order chi connectivity index (χ0) is 12.3. The molecule has 0 aliphatic heterocycles. The van der Waals surface area contributed by atoms with E-state index >= 15 is 0 Å². The fourth-order valence-electron chi connectivity index (χ4n) is 1.57.